The van der Waals surface area contributed by atoms with Crippen LogP contribution in [0.1, 0.15) is 17.3 Å². The Bertz CT molecular complexity index is 816. The van der Waals surface area contributed by atoms with E-state index in [1.807, 2.05) is 24.3 Å². The first-order chi connectivity index (χ1) is 11.8. The van der Waals surface area contributed by atoms with Crippen LogP contribution in [0, 0.1) is 6.92 Å². The van der Waals surface area contributed by atoms with Crippen LogP contribution in [0.25, 0.3) is 0 Å². The van der Waals surface area contributed by atoms with Gasteiger partial charge in [0.25, 0.3) is 0 Å². The molecule has 2 heterocycles. The minimum Gasteiger partial charge on any atom is -0.340 e. The quantitative estimate of drug-likeness (QED) is 0.723. The molecule has 0 bridgehead atoms. The third kappa shape index (κ3) is 4.78. The molecule has 0 aliphatic carbocycles. The van der Waals surface area contributed by atoms with Crippen molar-refractivity contribution in [1.82, 2.24) is 19.3 Å². The number of halogens is 1. The van der Waals surface area contributed by atoms with Crippen LogP contribution in [0.15, 0.2) is 28.8 Å². The predicted molar refractivity (Wildman–Crippen MR) is 94.8 cm³/mol. The zero-order valence-corrected chi connectivity index (χ0v) is 15.8. The van der Waals surface area contributed by atoms with Crippen molar-refractivity contribution in [2.45, 2.75) is 25.9 Å². The van der Waals surface area contributed by atoms with Gasteiger partial charge < -0.3 is 4.52 Å². The average molecular weight is 385 g/mol. The summed E-state index contributed by atoms with van der Waals surface area (Å²) in [5.41, 5.74) is 1.16. The van der Waals surface area contributed by atoms with Crippen LogP contribution in [0.5, 0.6) is 0 Å². The second-order valence-electron chi connectivity index (χ2n) is 6.33. The Morgan fingerprint density at radius 3 is 2.56 bits per heavy atom. The fourth-order valence-electron chi connectivity index (χ4n) is 2.97. The normalized spacial score (nSPS) is 16.3. The molecule has 0 unspecified atom stereocenters. The van der Waals surface area contributed by atoms with E-state index in [1.165, 1.54) is 10.6 Å². The maximum absolute atomic E-state index is 12.1. The van der Waals surface area contributed by atoms with Crippen LogP contribution >= 0.6 is 11.6 Å². The van der Waals surface area contributed by atoms with Gasteiger partial charge in [0.15, 0.2) is 5.82 Å². The summed E-state index contributed by atoms with van der Waals surface area (Å²) in [6.45, 7) is 4.28. The summed E-state index contributed by atoms with van der Waals surface area (Å²) in [7, 11) is -3.29. The van der Waals surface area contributed by atoms with E-state index in [1.54, 1.807) is 6.92 Å². The molecule has 0 radical (unpaired) electrons. The van der Waals surface area contributed by atoms with E-state index in [2.05, 4.69) is 15.0 Å². The number of aromatic nitrogens is 2. The minimum atomic E-state index is -3.29. The van der Waals surface area contributed by atoms with Gasteiger partial charge in [-0.15, -0.1) is 0 Å². The zero-order chi connectivity index (χ0) is 18.0. The Morgan fingerprint density at radius 1 is 1.32 bits per heavy atom. The fraction of sp³-hybridized carbons (Fsp3) is 0.500. The summed E-state index contributed by atoms with van der Waals surface area (Å²) in [5, 5.41) is 4.54. The molecule has 1 fully saturated rings. The molecule has 2 aromatic rings. The largest absolute Gasteiger partial charge is 0.340 e. The summed E-state index contributed by atoms with van der Waals surface area (Å²) in [6.07, 6.45) is 1.69. The van der Waals surface area contributed by atoms with E-state index in [-0.39, 0.29) is 6.04 Å². The van der Waals surface area contributed by atoms with Crippen LogP contribution in [0.4, 0.5) is 0 Å². The highest BCUT2D eigenvalue weighted by molar-refractivity contribution is 7.88. The zero-order valence-electron chi connectivity index (χ0n) is 14.2. The van der Waals surface area contributed by atoms with Crippen LogP contribution in [-0.2, 0) is 23.0 Å². The molecule has 1 saturated heterocycles. The van der Waals surface area contributed by atoms with Crippen molar-refractivity contribution in [3.05, 3.63) is 46.6 Å². The summed E-state index contributed by atoms with van der Waals surface area (Å²) in [4.78, 5) is 6.34. The van der Waals surface area contributed by atoms with E-state index in [4.69, 9.17) is 16.1 Å². The highest BCUT2D eigenvalue weighted by atomic mass is 35.5. The Labute approximate surface area is 152 Å². The van der Waals surface area contributed by atoms with Crippen molar-refractivity contribution >= 4 is 21.6 Å². The number of benzene rings is 1. The number of likely N-dealkylation sites (tertiary alicyclic amines) is 1. The first-order valence-corrected chi connectivity index (χ1v) is 10.3. The van der Waals surface area contributed by atoms with Crippen molar-refractivity contribution in [3.63, 3.8) is 0 Å². The van der Waals surface area contributed by atoms with Gasteiger partial charge in [0, 0.05) is 44.5 Å². The molecule has 0 saturated carbocycles. The highest BCUT2D eigenvalue weighted by Crippen LogP contribution is 2.21. The summed E-state index contributed by atoms with van der Waals surface area (Å²) < 4.78 is 30.7. The molecule has 1 aromatic carbocycles. The van der Waals surface area contributed by atoms with Gasteiger partial charge in [0.05, 0.1) is 12.3 Å². The lowest BCUT2D eigenvalue weighted by molar-refractivity contribution is 0.0731. The standard InChI is InChI=1S/C16H21ClN4O3S/c1-12-18-16(19-24-12)7-8-21(25(2,22)23)15-10-20(11-15)9-13-3-5-14(17)6-4-13/h3-6,15H,7-11H2,1-2H3. The summed E-state index contributed by atoms with van der Waals surface area (Å²) >= 11 is 5.89. The Balaban J connectivity index is 1.55. The molecule has 9 heteroatoms. The van der Waals surface area contributed by atoms with Crippen LogP contribution in [0.2, 0.25) is 5.02 Å². The minimum absolute atomic E-state index is 0.0182. The summed E-state index contributed by atoms with van der Waals surface area (Å²) in [5.74, 6) is 1.02. The first-order valence-electron chi connectivity index (χ1n) is 8.04. The van der Waals surface area contributed by atoms with Gasteiger partial charge in [-0.3, -0.25) is 4.90 Å². The lowest BCUT2D eigenvalue weighted by Gasteiger charge is -2.44. The fourth-order valence-corrected chi connectivity index (χ4v) is 4.20. The van der Waals surface area contributed by atoms with Gasteiger partial charge in [0.1, 0.15) is 0 Å². The second-order valence-corrected chi connectivity index (χ2v) is 8.70. The third-order valence-electron chi connectivity index (χ3n) is 4.22. The molecule has 25 heavy (non-hydrogen) atoms. The van der Waals surface area contributed by atoms with Crippen molar-refractivity contribution < 1.29 is 12.9 Å². The average Bonchev–Trinajstić information content (AvgIpc) is 2.91. The molecule has 0 N–H and O–H groups in total. The number of hydrogen-bond donors (Lipinski definition) is 0. The van der Waals surface area contributed by atoms with E-state index >= 15 is 0 Å². The maximum atomic E-state index is 12.1. The SMILES string of the molecule is Cc1nc(CCN(C2CN(Cc3ccc(Cl)cc3)C2)S(C)(=O)=O)no1. The van der Waals surface area contributed by atoms with Crippen LogP contribution in [-0.4, -0.2) is 59.7 Å². The number of rotatable bonds is 7. The number of nitrogens with zero attached hydrogens (tertiary/aromatic N) is 4. The van der Waals surface area contributed by atoms with E-state index in [9.17, 15) is 8.42 Å². The molecule has 3 rings (SSSR count). The van der Waals surface area contributed by atoms with Gasteiger partial charge >= 0.3 is 0 Å². The molecule has 136 valence electrons. The van der Waals surface area contributed by atoms with Crippen molar-refractivity contribution in [1.29, 1.82) is 0 Å². The first kappa shape index (κ1) is 18.3. The van der Waals surface area contributed by atoms with Gasteiger partial charge in [0.2, 0.25) is 15.9 Å². The van der Waals surface area contributed by atoms with Crippen LogP contribution in [0.3, 0.4) is 0 Å². The maximum Gasteiger partial charge on any atom is 0.223 e. The van der Waals surface area contributed by atoms with Crippen molar-refractivity contribution in [2.24, 2.45) is 0 Å². The van der Waals surface area contributed by atoms with E-state index < -0.39 is 10.0 Å². The van der Waals surface area contributed by atoms with Gasteiger partial charge in [-0.05, 0) is 17.7 Å². The van der Waals surface area contributed by atoms with E-state index in [0.717, 1.165) is 12.1 Å². The number of sulfonamides is 1. The molecular formula is C16H21ClN4O3S. The molecule has 0 atom stereocenters. The number of aryl methyl sites for hydroxylation is 1. The lowest BCUT2D eigenvalue weighted by Crippen LogP contribution is -2.60. The number of hydrogen-bond acceptors (Lipinski definition) is 6. The lowest BCUT2D eigenvalue weighted by atomic mass is 10.1. The molecule has 0 amide bonds. The van der Waals surface area contributed by atoms with Crippen LogP contribution < -0.4 is 0 Å². The molecule has 1 aliphatic rings. The Hall–Kier alpha value is -1.48. The molecule has 7 nitrogen and oxygen atoms in total. The van der Waals surface area contributed by atoms with Gasteiger partial charge in [-0.2, -0.15) is 9.29 Å². The van der Waals surface area contributed by atoms with Gasteiger partial charge in [-0.25, -0.2) is 8.42 Å². The topological polar surface area (TPSA) is 79.5 Å². The van der Waals surface area contributed by atoms with Gasteiger partial charge in [-0.1, -0.05) is 28.9 Å². The Morgan fingerprint density at radius 2 is 2.00 bits per heavy atom. The predicted octanol–water partition coefficient (Wildman–Crippen LogP) is 1.72. The molecule has 1 aliphatic heterocycles. The van der Waals surface area contributed by atoms with E-state index in [0.29, 0.717) is 42.8 Å². The highest BCUT2D eigenvalue weighted by Gasteiger charge is 2.36. The molecular weight excluding hydrogens is 364 g/mol. The Kier molecular flexibility index (Phi) is 5.43. The smallest absolute Gasteiger partial charge is 0.223 e. The van der Waals surface area contributed by atoms with Crippen molar-refractivity contribution in [2.75, 3.05) is 25.9 Å². The molecule has 0 spiro atoms. The molecule has 1 aromatic heterocycles. The van der Waals surface area contributed by atoms with Crippen molar-refractivity contribution in [3.8, 4) is 0 Å². The monoisotopic (exact) mass is 384 g/mol. The third-order valence-corrected chi connectivity index (χ3v) is 5.80. The second kappa shape index (κ2) is 7.41. The summed E-state index contributed by atoms with van der Waals surface area (Å²) in [6, 6.07) is 7.69.